The number of benzene rings is 2. The number of anilines is 1. The fraction of sp³-hybridized carbons (Fsp3) is 0.486. The van der Waals surface area contributed by atoms with Crippen molar-refractivity contribution in [2.24, 2.45) is 0 Å². The molecule has 16 nitrogen and oxygen atoms in total. The van der Waals surface area contributed by atoms with E-state index in [2.05, 4.69) is 10.6 Å². The first kappa shape index (κ1) is 39.2. The van der Waals surface area contributed by atoms with Crippen LogP contribution in [0.1, 0.15) is 43.9 Å². The molecule has 2 aromatic carbocycles. The van der Waals surface area contributed by atoms with Gasteiger partial charge in [0.15, 0.2) is 0 Å². The first-order valence-corrected chi connectivity index (χ1v) is 16.7. The second-order valence-corrected chi connectivity index (χ2v) is 11.1. The lowest BCUT2D eigenvalue weighted by Gasteiger charge is -2.27. The summed E-state index contributed by atoms with van der Waals surface area (Å²) in [7, 11) is 0. The number of hydrogen-bond acceptors (Lipinski definition) is 14. The van der Waals surface area contributed by atoms with E-state index in [0.29, 0.717) is 84.9 Å². The zero-order valence-corrected chi connectivity index (χ0v) is 28.3. The molecule has 2 aliphatic heterocycles. The van der Waals surface area contributed by atoms with Crippen LogP contribution in [-0.2, 0) is 47.5 Å². The second kappa shape index (κ2) is 21.6. The molecule has 0 spiro atoms. The monoisotopic (exact) mass is 713 g/mol. The van der Waals surface area contributed by atoms with Crippen molar-refractivity contribution in [3.05, 3.63) is 65.2 Å². The lowest BCUT2D eigenvalue weighted by atomic mass is 10.0. The van der Waals surface area contributed by atoms with Crippen molar-refractivity contribution in [1.29, 1.82) is 0 Å². The third-order valence-corrected chi connectivity index (χ3v) is 7.57. The van der Waals surface area contributed by atoms with Gasteiger partial charge in [-0.05, 0) is 18.6 Å². The first-order valence-electron chi connectivity index (χ1n) is 16.7. The number of ketones is 1. The smallest absolute Gasteiger partial charge is 0.379 e. The zero-order chi connectivity index (χ0) is 36.3. The summed E-state index contributed by atoms with van der Waals surface area (Å²) in [6.45, 7) is 4.59. The maximum atomic E-state index is 13.1. The molecule has 0 aliphatic carbocycles. The van der Waals surface area contributed by atoms with Gasteiger partial charge in [-0.25, -0.2) is 4.79 Å². The number of esters is 1. The lowest BCUT2D eigenvalue weighted by Crippen LogP contribution is -2.54. The number of carbonyl (C=O) groups excluding carboxylic acids is 6. The number of nitrogens with zero attached hydrogens (tertiary/aromatic N) is 1. The Morgan fingerprint density at radius 2 is 1.22 bits per heavy atom. The summed E-state index contributed by atoms with van der Waals surface area (Å²) >= 11 is 0. The zero-order valence-electron chi connectivity index (χ0n) is 28.3. The van der Waals surface area contributed by atoms with Crippen LogP contribution in [0.15, 0.2) is 48.5 Å². The van der Waals surface area contributed by atoms with Crippen molar-refractivity contribution >= 4 is 41.1 Å². The van der Waals surface area contributed by atoms with Gasteiger partial charge in [-0.1, -0.05) is 36.4 Å². The van der Waals surface area contributed by atoms with E-state index in [1.807, 2.05) is 0 Å². The predicted octanol–water partition coefficient (Wildman–Crippen LogP) is 1.03. The molecule has 0 bridgehead atoms. The minimum absolute atomic E-state index is 0.0255. The van der Waals surface area contributed by atoms with Gasteiger partial charge in [0.1, 0.15) is 12.6 Å². The quantitative estimate of drug-likeness (QED) is 0.0487. The Hall–Kier alpha value is -4.58. The van der Waals surface area contributed by atoms with Gasteiger partial charge in [-0.15, -0.1) is 0 Å². The molecule has 1 saturated heterocycles. The summed E-state index contributed by atoms with van der Waals surface area (Å²) in [6, 6.07) is 12.1. The molecule has 2 aliphatic rings. The molecule has 0 saturated carbocycles. The van der Waals surface area contributed by atoms with Gasteiger partial charge in [0.05, 0.1) is 90.4 Å². The van der Waals surface area contributed by atoms with Crippen LogP contribution < -0.4 is 10.6 Å². The molecule has 276 valence electrons. The molecule has 0 radical (unpaired) electrons. The highest BCUT2D eigenvalue weighted by molar-refractivity contribution is 6.40. The number of hydrogen-bond donors (Lipinski definition) is 2. The molecule has 1 unspecified atom stereocenters. The SMILES string of the molecule is O=C1CCC(N2C(=O)c3cccc(NCCOCCOCCOCCOCCOCCOCCOC(=O)C(=O)c4ccccc4)c3C2=O)C(=O)N1. The number of amides is 4. The van der Waals surface area contributed by atoms with Crippen LogP contribution in [0.5, 0.6) is 0 Å². The number of imide groups is 2. The summed E-state index contributed by atoms with van der Waals surface area (Å²) in [5.74, 6) is -3.81. The Morgan fingerprint density at radius 1 is 0.667 bits per heavy atom. The van der Waals surface area contributed by atoms with Crippen LogP contribution in [-0.4, -0.2) is 139 Å². The molecule has 2 aromatic rings. The average molecular weight is 714 g/mol. The van der Waals surface area contributed by atoms with Crippen molar-refractivity contribution in [3.63, 3.8) is 0 Å². The van der Waals surface area contributed by atoms with Crippen LogP contribution in [0.2, 0.25) is 0 Å². The van der Waals surface area contributed by atoms with Gasteiger partial charge in [0.25, 0.3) is 17.6 Å². The molecule has 1 fully saturated rings. The molecule has 1 atom stereocenters. The fourth-order valence-corrected chi connectivity index (χ4v) is 5.09. The number of Topliss-reactive ketones (excluding diaryl/α,β-unsaturated/α-hetero) is 1. The molecule has 2 N–H and O–H groups in total. The largest absolute Gasteiger partial charge is 0.457 e. The Balaban J connectivity index is 0.908. The van der Waals surface area contributed by atoms with E-state index in [1.54, 1.807) is 48.5 Å². The molecule has 4 amide bonds. The van der Waals surface area contributed by atoms with E-state index in [4.69, 9.17) is 33.2 Å². The molecular formula is C35H43N3O13. The van der Waals surface area contributed by atoms with E-state index in [-0.39, 0.29) is 42.7 Å². The fourth-order valence-electron chi connectivity index (χ4n) is 5.09. The lowest BCUT2D eigenvalue weighted by molar-refractivity contribution is -0.140. The minimum atomic E-state index is -1.02. The number of rotatable bonds is 25. The Bertz CT molecular complexity index is 1490. The molecular weight excluding hydrogens is 670 g/mol. The Morgan fingerprint density at radius 3 is 1.78 bits per heavy atom. The third-order valence-electron chi connectivity index (χ3n) is 7.57. The van der Waals surface area contributed by atoms with Crippen LogP contribution in [0, 0.1) is 0 Å². The van der Waals surface area contributed by atoms with Gasteiger partial charge in [-0.2, -0.15) is 0 Å². The van der Waals surface area contributed by atoms with Crippen molar-refractivity contribution in [1.82, 2.24) is 10.2 Å². The van der Waals surface area contributed by atoms with Crippen LogP contribution in [0.4, 0.5) is 5.69 Å². The highest BCUT2D eigenvalue weighted by Crippen LogP contribution is 2.32. The van der Waals surface area contributed by atoms with Gasteiger partial charge in [0, 0.05) is 24.2 Å². The van der Waals surface area contributed by atoms with E-state index < -0.39 is 41.4 Å². The van der Waals surface area contributed by atoms with Crippen molar-refractivity contribution < 1.29 is 61.9 Å². The van der Waals surface area contributed by atoms with Crippen LogP contribution in [0.25, 0.3) is 0 Å². The number of piperidine rings is 1. The van der Waals surface area contributed by atoms with Crippen LogP contribution in [0.3, 0.4) is 0 Å². The van der Waals surface area contributed by atoms with E-state index in [1.165, 1.54) is 0 Å². The van der Waals surface area contributed by atoms with Gasteiger partial charge in [-0.3, -0.25) is 34.2 Å². The summed E-state index contributed by atoms with van der Waals surface area (Å²) in [6.07, 6.45) is 0.154. The van der Waals surface area contributed by atoms with Gasteiger partial charge in [0.2, 0.25) is 11.8 Å². The maximum absolute atomic E-state index is 13.1. The van der Waals surface area contributed by atoms with Crippen molar-refractivity contribution in [2.45, 2.75) is 18.9 Å². The normalized spacial score (nSPS) is 15.5. The average Bonchev–Trinajstić information content (AvgIpc) is 3.39. The highest BCUT2D eigenvalue weighted by Gasteiger charge is 2.45. The number of carbonyl (C=O) groups is 6. The Labute approximate surface area is 294 Å². The third kappa shape index (κ3) is 12.3. The molecule has 0 aromatic heterocycles. The summed E-state index contributed by atoms with van der Waals surface area (Å²) in [5, 5.41) is 5.31. The molecule has 2 heterocycles. The topological polar surface area (TPSA) is 194 Å². The summed E-state index contributed by atoms with van der Waals surface area (Å²) < 4.78 is 37.6. The summed E-state index contributed by atoms with van der Waals surface area (Å²) in [5.41, 5.74) is 1.15. The van der Waals surface area contributed by atoms with Crippen LogP contribution >= 0.6 is 0 Å². The molecule has 16 heteroatoms. The second-order valence-electron chi connectivity index (χ2n) is 11.1. The van der Waals surface area contributed by atoms with Gasteiger partial charge >= 0.3 is 5.97 Å². The van der Waals surface area contributed by atoms with Gasteiger partial charge < -0.3 is 38.5 Å². The predicted molar refractivity (Wildman–Crippen MR) is 178 cm³/mol. The number of ether oxygens (including phenoxy) is 7. The Kier molecular flexibility index (Phi) is 16.6. The van der Waals surface area contributed by atoms with E-state index in [9.17, 15) is 28.8 Å². The van der Waals surface area contributed by atoms with Crippen molar-refractivity contribution in [3.8, 4) is 0 Å². The highest BCUT2D eigenvalue weighted by atomic mass is 16.6. The number of fused-ring (bicyclic) bond motifs is 1. The first-order chi connectivity index (χ1) is 24.9. The standard InChI is InChI=1S/C35H43N3O13/c39-29-10-9-28(32(41)37-29)38-33(42)26-7-4-8-27(30(26)34(38)43)36-11-12-45-13-14-46-15-16-47-17-18-48-19-20-49-21-22-50-23-24-51-35(44)31(40)25-5-2-1-3-6-25/h1-8,28,36H,9-24H2,(H,37,39,41). The van der Waals surface area contributed by atoms with E-state index in [0.717, 1.165) is 4.90 Å². The number of nitrogens with one attached hydrogen (secondary N) is 2. The molecule has 4 rings (SSSR count). The molecule has 51 heavy (non-hydrogen) atoms. The minimum Gasteiger partial charge on any atom is -0.457 e. The van der Waals surface area contributed by atoms with Crippen molar-refractivity contribution in [2.75, 3.05) is 97.8 Å². The maximum Gasteiger partial charge on any atom is 0.379 e. The van der Waals surface area contributed by atoms with E-state index >= 15 is 0 Å². The summed E-state index contributed by atoms with van der Waals surface area (Å²) in [4.78, 5) is 74.4.